The summed E-state index contributed by atoms with van der Waals surface area (Å²) in [7, 11) is 3.19. The Morgan fingerprint density at radius 3 is 2.79 bits per heavy atom. The van der Waals surface area contributed by atoms with E-state index in [1.54, 1.807) is 14.2 Å². The van der Waals surface area contributed by atoms with E-state index in [4.69, 9.17) is 19.9 Å². The van der Waals surface area contributed by atoms with Crippen LogP contribution in [0.4, 0.5) is 5.69 Å². The van der Waals surface area contributed by atoms with Crippen molar-refractivity contribution in [3.05, 3.63) is 48.0 Å². The lowest BCUT2D eigenvalue weighted by Gasteiger charge is -2.11. The van der Waals surface area contributed by atoms with Crippen LogP contribution in [0, 0.1) is 0 Å². The first-order chi connectivity index (χ1) is 11.7. The molecular weight excluding hydrogens is 306 g/mol. The summed E-state index contributed by atoms with van der Waals surface area (Å²) in [6.07, 6.45) is 0. The molecule has 0 radical (unpaired) electrons. The fourth-order valence-corrected chi connectivity index (χ4v) is 2.69. The quantitative estimate of drug-likeness (QED) is 0.652. The lowest BCUT2D eigenvalue weighted by Crippen LogP contribution is -2.23. The fraction of sp³-hybridized carbons (Fsp3) is 0.278. The van der Waals surface area contributed by atoms with Crippen molar-refractivity contribution in [2.45, 2.75) is 5.92 Å². The highest BCUT2D eigenvalue weighted by Gasteiger charge is 2.23. The van der Waals surface area contributed by atoms with E-state index >= 15 is 0 Å². The van der Waals surface area contributed by atoms with Crippen LogP contribution < -0.4 is 25.3 Å². The Morgan fingerprint density at radius 2 is 2.00 bits per heavy atom. The van der Waals surface area contributed by atoms with Crippen LogP contribution >= 0.6 is 0 Å². The van der Waals surface area contributed by atoms with Gasteiger partial charge >= 0.3 is 0 Å². The Kier molecular flexibility index (Phi) is 4.74. The van der Waals surface area contributed by atoms with Gasteiger partial charge in [0.2, 0.25) is 0 Å². The zero-order valence-electron chi connectivity index (χ0n) is 13.8. The minimum absolute atomic E-state index is 0.229. The average molecular weight is 327 g/mol. The number of nitrogens with two attached hydrogens (primary N) is 1. The fourth-order valence-electron chi connectivity index (χ4n) is 2.69. The van der Waals surface area contributed by atoms with Gasteiger partial charge in [-0.25, -0.2) is 0 Å². The van der Waals surface area contributed by atoms with Crippen molar-refractivity contribution < 1.29 is 14.2 Å². The van der Waals surface area contributed by atoms with Crippen LogP contribution in [0.1, 0.15) is 11.5 Å². The number of anilines is 1. The maximum Gasteiger partial charge on any atom is 0.193 e. The molecule has 0 amide bonds. The standard InChI is InChI=1S/C18H21N3O3/c1-22-16-8-7-13(9-17(16)23-2)21-18(19)20-10-12-11-24-15-6-4-3-5-14(12)15/h3-9,12H,10-11H2,1-2H3,(H3,19,20,21). The number of fused-ring (bicyclic) bond motifs is 1. The highest BCUT2D eigenvalue weighted by Crippen LogP contribution is 2.33. The topological polar surface area (TPSA) is 78.1 Å². The number of ether oxygens (including phenoxy) is 3. The lowest BCUT2D eigenvalue weighted by atomic mass is 10.0. The SMILES string of the molecule is COc1ccc(NC(N)=NCC2COc3ccccc32)cc1OC. The van der Waals surface area contributed by atoms with E-state index in [0.29, 0.717) is 30.6 Å². The molecule has 6 heteroatoms. The molecule has 2 aromatic rings. The number of para-hydroxylation sites is 1. The minimum atomic E-state index is 0.229. The highest BCUT2D eigenvalue weighted by molar-refractivity contribution is 5.92. The molecule has 1 aliphatic heterocycles. The van der Waals surface area contributed by atoms with Gasteiger partial charge in [0.25, 0.3) is 0 Å². The first-order valence-corrected chi connectivity index (χ1v) is 7.72. The molecule has 0 spiro atoms. The molecular formula is C18H21N3O3. The molecule has 0 bridgehead atoms. The van der Waals surface area contributed by atoms with E-state index in [0.717, 1.165) is 11.4 Å². The smallest absolute Gasteiger partial charge is 0.193 e. The van der Waals surface area contributed by atoms with E-state index in [1.165, 1.54) is 5.56 Å². The molecule has 3 N–H and O–H groups in total. The summed E-state index contributed by atoms with van der Waals surface area (Å²) in [5, 5.41) is 3.07. The first-order valence-electron chi connectivity index (χ1n) is 7.72. The summed E-state index contributed by atoms with van der Waals surface area (Å²) in [5.41, 5.74) is 7.96. The number of benzene rings is 2. The molecule has 1 heterocycles. The second kappa shape index (κ2) is 7.12. The predicted octanol–water partition coefficient (Wildman–Crippen LogP) is 2.61. The molecule has 0 aliphatic carbocycles. The Balaban J connectivity index is 1.65. The van der Waals surface area contributed by atoms with E-state index < -0.39 is 0 Å². The summed E-state index contributed by atoms with van der Waals surface area (Å²) in [4.78, 5) is 4.43. The number of nitrogens with zero attached hydrogens (tertiary/aromatic N) is 1. The van der Waals surface area contributed by atoms with Crippen LogP contribution in [0.3, 0.4) is 0 Å². The van der Waals surface area contributed by atoms with Crippen LogP contribution in [0.15, 0.2) is 47.5 Å². The number of hydrogen-bond acceptors (Lipinski definition) is 4. The third-order valence-corrected chi connectivity index (χ3v) is 3.94. The third-order valence-electron chi connectivity index (χ3n) is 3.94. The van der Waals surface area contributed by atoms with E-state index in [2.05, 4.69) is 16.4 Å². The second-order valence-electron chi connectivity index (χ2n) is 5.47. The zero-order chi connectivity index (χ0) is 16.9. The molecule has 0 saturated carbocycles. The van der Waals surface area contributed by atoms with Gasteiger partial charge in [-0.3, -0.25) is 4.99 Å². The van der Waals surface area contributed by atoms with Crippen LogP contribution in [0.2, 0.25) is 0 Å². The number of nitrogens with one attached hydrogen (secondary N) is 1. The largest absolute Gasteiger partial charge is 0.493 e. The molecule has 126 valence electrons. The Bertz CT molecular complexity index is 746. The van der Waals surface area contributed by atoms with Crippen molar-refractivity contribution in [2.75, 3.05) is 32.7 Å². The maximum atomic E-state index is 5.99. The molecule has 0 aromatic heterocycles. The molecule has 1 atom stereocenters. The van der Waals surface area contributed by atoms with Gasteiger partial charge in [-0.2, -0.15) is 0 Å². The van der Waals surface area contributed by atoms with E-state index in [-0.39, 0.29) is 5.92 Å². The summed E-state index contributed by atoms with van der Waals surface area (Å²) < 4.78 is 16.1. The molecule has 1 aliphatic rings. The first kappa shape index (κ1) is 16.0. The van der Waals surface area contributed by atoms with Gasteiger partial charge in [0, 0.05) is 23.2 Å². The Labute approximate surface area is 141 Å². The Morgan fingerprint density at radius 1 is 1.21 bits per heavy atom. The van der Waals surface area contributed by atoms with Gasteiger partial charge < -0.3 is 25.3 Å². The number of rotatable bonds is 5. The monoisotopic (exact) mass is 327 g/mol. The molecule has 2 aromatic carbocycles. The molecule has 0 saturated heterocycles. The van der Waals surface area contributed by atoms with Crippen molar-refractivity contribution in [1.82, 2.24) is 0 Å². The van der Waals surface area contributed by atoms with Gasteiger partial charge in [0.05, 0.1) is 27.4 Å². The number of hydrogen-bond donors (Lipinski definition) is 2. The minimum Gasteiger partial charge on any atom is -0.493 e. The van der Waals surface area contributed by atoms with Gasteiger partial charge in [-0.1, -0.05) is 18.2 Å². The van der Waals surface area contributed by atoms with Crippen molar-refractivity contribution in [3.8, 4) is 17.2 Å². The van der Waals surface area contributed by atoms with Crippen LogP contribution in [-0.4, -0.2) is 33.3 Å². The van der Waals surface area contributed by atoms with E-state index in [1.807, 2.05) is 36.4 Å². The van der Waals surface area contributed by atoms with Crippen molar-refractivity contribution in [1.29, 1.82) is 0 Å². The molecule has 24 heavy (non-hydrogen) atoms. The highest BCUT2D eigenvalue weighted by atomic mass is 16.5. The van der Waals surface area contributed by atoms with Gasteiger partial charge in [0.1, 0.15) is 5.75 Å². The summed E-state index contributed by atoms with van der Waals surface area (Å²) in [5.74, 6) is 2.81. The summed E-state index contributed by atoms with van der Waals surface area (Å²) >= 11 is 0. The summed E-state index contributed by atoms with van der Waals surface area (Å²) in [6, 6.07) is 13.5. The predicted molar refractivity (Wildman–Crippen MR) is 94.3 cm³/mol. The van der Waals surface area contributed by atoms with E-state index in [9.17, 15) is 0 Å². The maximum absolute atomic E-state index is 5.99. The number of methoxy groups -OCH3 is 2. The molecule has 0 fully saturated rings. The molecule has 1 unspecified atom stereocenters. The van der Waals surface area contributed by atoms with Crippen molar-refractivity contribution in [2.24, 2.45) is 10.7 Å². The Hall–Kier alpha value is -2.89. The van der Waals surface area contributed by atoms with Crippen LogP contribution in [0.25, 0.3) is 0 Å². The number of aliphatic imine (C=N–C) groups is 1. The number of guanidine groups is 1. The average Bonchev–Trinajstić information content (AvgIpc) is 3.03. The van der Waals surface area contributed by atoms with Crippen molar-refractivity contribution in [3.63, 3.8) is 0 Å². The van der Waals surface area contributed by atoms with Crippen LogP contribution in [0.5, 0.6) is 17.2 Å². The zero-order valence-corrected chi connectivity index (χ0v) is 13.8. The normalized spacial score (nSPS) is 16.2. The lowest BCUT2D eigenvalue weighted by molar-refractivity contribution is 0.333. The van der Waals surface area contributed by atoms with Crippen LogP contribution in [-0.2, 0) is 0 Å². The van der Waals surface area contributed by atoms with Crippen molar-refractivity contribution >= 4 is 11.6 Å². The van der Waals surface area contributed by atoms with Gasteiger partial charge in [-0.05, 0) is 18.2 Å². The van der Waals surface area contributed by atoms with Gasteiger partial charge in [0.15, 0.2) is 17.5 Å². The summed E-state index contributed by atoms with van der Waals surface area (Å²) in [6.45, 7) is 1.20. The third kappa shape index (κ3) is 3.37. The molecule has 6 nitrogen and oxygen atoms in total. The van der Waals surface area contributed by atoms with Gasteiger partial charge in [-0.15, -0.1) is 0 Å². The second-order valence-corrected chi connectivity index (χ2v) is 5.47. The molecule has 3 rings (SSSR count).